The van der Waals surface area contributed by atoms with Crippen LogP contribution >= 0.6 is 0 Å². The Morgan fingerprint density at radius 2 is 1.67 bits per heavy atom. The quantitative estimate of drug-likeness (QED) is 0.177. The van der Waals surface area contributed by atoms with Gasteiger partial charge in [0, 0.05) is 0 Å². The van der Waals surface area contributed by atoms with Crippen molar-refractivity contribution < 1.29 is 0 Å². The fourth-order valence-corrected chi connectivity index (χ4v) is 0.238. The molecule has 1 unspecified atom stereocenters. The van der Waals surface area contributed by atoms with Crippen LogP contribution in [0.1, 0.15) is 0 Å². The minimum Gasteiger partial charge on any atom is -0.299 e. The lowest BCUT2D eigenvalue weighted by atomic mass is 10.7. The second kappa shape index (κ2) is 0.737. The van der Waals surface area contributed by atoms with Gasteiger partial charge in [-0.05, 0) is 0 Å². The SMILES string of the molecule is NN1CC1(N)N. The van der Waals surface area contributed by atoms with Crippen molar-refractivity contribution in [2.24, 2.45) is 17.3 Å². The Labute approximate surface area is 35.8 Å². The zero-order valence-corrected chi connectivity index (χ0v) is 3.39. The first-order chi connectivity index (χ1) is 2.63. The molecule has 1 atom stereocenters. The summed E-state index contributed by atoms with van der Waals surface area (Å²) < 4.78 is 0. The smallest absolute Gasteiger partial charge is 0.148 e. The molecule has 4 nitrogen and oxygen atoms in total. The van der Waals surface area contributed by atoms with Gasteiger partial charge in [0.25, 0.3) is 0 Å². The lowest BCUT2D eigenvalue weighted by molar-refractivity contribution is 0.438. The summed E-state index contributed by atoms with van der Waals surface area (Å²) in [5, 5.41) is 1.37. The Morgan fingerprint density at radius 3 is 1.67 bits per heavy atom. The molecule has 1 heterocycles. The van der Waals surface area contributed by atoms with Crippen LogP contribution in [0.4, 0.5) is 0 Å². The van der Waals surface area contributed by atoms with E-state index < -0.39 is 5.79 Å². The molecule has 6 heavy (non-hydrogen) atoms. The fourth-order valence-electron chi connectivity index (χ4n) is 0.238. The van der Waals surface area contributed by atoms with Crippen molar-refractivity contribution in [2.75, 3.05) is 6.54 Å². The van der Waals surface area contributed by atoms with Crippen molar-refractivity contribution >= 4 is 0 Å². The van der Waals surface area contributed by atoms with E-state index in [0.29, 0.717) is 6.54 Å². The van der Waals surface area contributed by atoms with E-state index in [2.05, 4.69) is 0 Å². The van der Waals surface area contributed by atoms with Crippen molar-refractivity contribution in [3.05, 3.63) is 0 Å². The zero-order valence-electron chi connectivity index (χ0n) is 3.39. The van der Waals surface area contributed by atoms with Gasteiger partial charge in [0.2, 0.25) is 0 Å². The van der Waals surface area contributed by atoms with Gasteiger partial charge >= 0.3 is 0 Å². The molecule has 6 N–H and O–H groups in total. The summed E-state index contributed by atoms with van der Waals surface area (Å²) in [6.45, 7) is 0.604. The second-order valence-electron chi connectivity index (χ2n) is 1.62. The molecule has 1 rings (SSSR count). The second-order valence-corrected chi connectivity index (χ2v) is 1.62. The normalized spacial score (nSPS) is 39.5. The van der Waals surface area contributed by atoms with Crippen LogP contribution in [-0.2, 0) is 0 Å². The van der Waals surface area contributed by atoms with Crippen molar-refractivity contribution in [1.82, 2.24) is 5.01 Å². The molecule has 0 amide bonds. The van der Waals surface area contributed by atoms with E-state index in [1.807, 2.05) is 0 Å². The molecule has 0 radical (unpaired) electrons. The maximum atomic E-state index is 5.19. The predicted molar refractivity (Wildman–Crippen MR) is 22.0 cm³/mol. The van der Waals surface area contributed by atoms with Gasteiger partial charge in [-0.25, -0.2) is 5.01 Å². The van der Waals surface area contributed by atoms with Crippen LogP contribution in [0.5, 0.6) is 0 Å². The average molecular weight is 88.1 g/mol. The van der Waals surface area contributed by atoms with E-state index in [4.69, 9.17) is 17.3 Å². The van der Waals surface area contributed by atoms with E-state index in [9.17, 15) is 0 Å². The lowest BCUT2D eigenvalue weighted by Crippen LogP contribution is -2.41. The monoisotopic (exact) mass is 88.1 g/mol. The summed E-state index contributed by atoms with van der Waals surface area (Å²) in [5.74, 6) is 4.40. The first kappa shape index (κ1) is 4.01. The van der Waals surface area contributed by atoms with Gasteiger partial charge in [-0.15, -0.1) is 0 Å². The molecule has 0 bridgehead atoms. The van der Waals surface area contributed by atoms with Crippen LogP contribution in [-0.4, -0.2) is 17.3 Å². The van der Waals surface area contributed by atoms with Crippen LogP contribution in [0, 0.1) is 0 Å². The number of hydrogen-bond donors (Lipinski definition) is 3. The third-order valence-electron chi connectivity index (χ3n) is 0.855. The topological polar surface area (TPSA) is 81.1 Å². The van der Waals surface area contributed by atoms with Crippen LogP contribution in [0.3, 0.4) is 0 Å². The largest absolute Gasteiger partial charge is 0.299 e. The van der Waals surface area contributed by atoms with Gasteiger partial charge in [0.1, 0.15) is 5.79 Å². The van der Waals surface area contributed by atoms with Crippen molar-refractivity contribution in [3.63, 3.8) is 0 Å². The zero-order chi connectivity index (χ0) is 4.78. The number of nitrogens with two attached hydrogens (primary N) is 3. The molecule has 0 aromatic carbocycles. The molecular weight excluding hydrogens is 80.1 g/mol. The minimum absolute atomic E-state index is 0.604. The average Bonchev–Trinajstić information content (AvgIpc) is 1.73. The standard InChI is InChI=1S/C2H8N4/c3-2(4)1-6(2)5/h1,3-5H2. The van der Waals surface area contributed by atoms with E-state index in [1.54, 1.807) is 0 Å². The first-order valence-corrected chi connectivity index (χ1v) is 1.73. The summed E-state index contributed by atoms with van der Waals surface area (Å²) in [6, 6.07) is 0. The van der Waals surface area contributed by atoms with E-state index in [1.165, 1.54) is 5.01 Å². The van der Waals surface area contributed by atoms with E-state index in [0.717, 1.165) is 0 Å². The van der Waals surface area contributed by atoms with Crippen LogP contribution in [0.2, 0.25) is 0 Å². The highest BCUT2D eigenvalue weighted by Gasteiger charge is 2.42. The first-order valence-electron chi connectivity index (χ1n) is 1.73. The highest BCUT2D eigenvalue weighted by atomic mass is 15.7. The van der Waals surface area contributed by atoms with Gasteiger partial charge in [-0.1, -0.05) is 0 Å². The molecule has 1 aliphatic rings. The van der Waals surface area contributed by atoms with Crippen LogP contribution in [0.15, 0.2) is 0 Å². The lowest BCUT2D eigenvalue weighted by Gasteiger charge is -1.95. The van der Waals surface area contributed by atoms with E-state index in [-0.39, 0.29) is 0 Å². The summed E-state index contributed by atoms with van der Waals surface area (Å²) in [6.07, 6.45) is 0. The maximum absolute atomic E-state index is 5.19. The number of nitrogens with zero attached hydrogens (tertiary/aromatic N) is 1. The van der Waals surface area contributed by atoms with Gasteiger partial charge < -0.3 is 0 Å². The Kier molecular flexibility index (Phi) is 0.493. The molecule has 0 saturated carbocycles. The summed E-state index contributed by atoms with van der Waals surface area (Å²) in [4.78, 5) is 0. The molecule has 0 aromatic rings. The third-order valence-corrected chi connectivity index (χ3v) is 0.855. The van der Waals surface area contributed by atoms with Crippen molar-refractivity contribution in [3.8, 4) is 0 Å². The Morgan fingerprint density at radius 1 is 1.50 bits per heavy atom. The Bertz CT molecular complexity index is 67.9. The highest BCUT2D eigenvalue weighted by molar-refractivity contribution is 4.91. The highest BCUT2D eigenvalue weighted by Crippen LogP contribution is 2.10. The minimum atomic E-state index is -0.681. The molecule has 0 aliphatic carbocycles. The third kappa shape index (κ3) is 0.396. The Balaban J connectivity index is 2.41. The van der Waals surface area contributed by atoms with Gasteiger partial charge in [-0.3, -0.25) is 17.3 Å². The van der Waals surface area contributed by atoms with Gasteiger partial charge in [0.05, 0.1) is 6.54 Å². The van der Waals surface area contributed by atoms with E-state index >= 15 is 0 Å². The molecule has 1 aliphatic heterocycles. The summed E-state index contributed by atoms with van der Waals surface area (Å²) in [7, 11) is 0. The Hall–Kier alpha value is -0.160. The molecule has 0 spiro atoms. The van der Waals surface area contributed by atoms with Gasteiger partial charge in [-0.2, -0.15) is 0 Å². The predicted octanol–water partition coefficient (Wildman–Crippen LogP) is -2.25. The molecule has 4 heteroatoms. The number of hydrazine groups is 1. The fraction of sp³-hybridized carbons (Fsp3) is 1.00. The molecule has 0 aromatic heterocycles. The number of rotatable bonds is 0. The van der Waals surface area contributed by atoms with Crippen molar-refractivity contribution in [2.45, 2.75) is 5.79 Å². The van der Waals surface area contributed by atoms with Crippen LogP contribution in [0.25, 0.3) is 0 Å². The van der Waals surface area contributed by atoms with Crippen molar-refractivity contribution in [1.29, 1.82) is 0 Å². The summed E-state index contributed by atoms with van der Waals surface area (Å²) in [5.41, 5.74) is 10.4. The molecule has 1 saturated heterocycles. The summed E-state index contributed by atoms with van der Waals surface area (Å²) >= 11 is 0. The van der Waals surface area contributed by atoms with Crippen LogP contribution < -0.4 is 17.3 Å². The molecular formula is C2H8N4. The maximum Gasteiger partial charge on any atom is 0.148 e. The molecule has 1 fully saturated rings. The van der Waals surface area contributed by atoms with Gasteiger partial charge in [0.15, 0.2) is 0 Å². The number of hydrogen-bond acceptors (Lipinski definition) is 4. The molecule has 36 valence electrons.